The molecule has 0 bridgehead atoms. The molecule has 0 fully saturated rings. The summed E-state index contributed by atoms with van der Waals surface area (Å²) in [4.78, 5) is 25.4. The van der Waals surface area contributed by atoms with E-state index in [0.717, 1.165) is 24.1 Å². The standard InChI is InChI=1S/C15H20N2O2/c1-4-5-10(2)17(3)15(19)12-7-6-11-9-14(18)16-13(11)8-12/h6-8,10H,4-5,9H2,1-3H3,(H,16,18). The molecule has 4 nitrogen and oxygen atoms in total. The summed E-state index contributed by atoms with van der Waals surface area (Å²) < 4.78 is 0. The molecule has 1 heterocycles. The number of rotatable bonds is 4. The maximum atomic E-state index is 12.4. The predicted octanol–water partition coefficient (Wildman–Crippen LogP) is 2.44. The molecule has 19 heavy (non-hydrogen) atoms. The summed E-state index contributed by atoms with van der Waals surface area (Å²) >= 11 is 0. The smallest absolute Gasteiger partial charge is 0.253 e. The van der Waals surface area contributed by atoms with Crippen molar-refractivity contribution in [2.45, 2.75) is 39.2 Å². The van der Waals surface area contributed by atoms with Crippen LogP contribution < -0.4 is 5.32 Å². The van der Waals surface area contributed by atoms with Crippen LogP contribution in [-0.4, -0.2) is 29.8 Å². The molecule has 0 spiro atoms. The second-order valence-electron chi connectivity index (χ2n) is 5.15. The van der Waals surface area contributed by atoms with E-state index in [0.29, 0.717) is 12.0 Å². The van der Waals surface area contributed by atoms with Crippen molar-refractivity contribution in [3.8, 4) is 0 Å². The van der Waals surface area contributed by atoms with Crippen LogP contribution in [0.4, 0.5) is 5.69 Å². The number of carbonyl (C=O) groups is 2. The minimum absolute atomic E-state index is 0.00454. The third-order valence-corrected chi connectivity index (χ3v) is 3.67. The van der Waals surface area contributed by atoms with Crippen molar-refractivity contribution in [2.75, 3.05) is 12.4 Å². The van der Waals surface area contributed by atoms with Gasteiger partial charge in [-0.1, -0.05) is 19.4 Å². The molecule has 0 radical (unpaired) electrons. The molecule has 0 aromatic heterocycles. The quantitative estimate of drug-likeness (QED) is 0.904. The first-order valence-corrected chi connectivity index (χ1v) is 6.73. The zero-order valence-electron chi connectivity index (χ0n) is 11.7. The van der Waals surface area contributed by atoms with Gasteiger partial charge < -0.3 is 10.2 Å². The summed E-state index contributed by atoms with van der Waals surface area (Å²) in [7, 11) is 1.83. The third kappa shape index (κ3) is 2.78. The van der Waals surface area contributed by atoms with Crippen LogP contribution in [0.25, 0.3) is 0 Å². The van der Waals surface area contributed by atoms with E-state index in [2.05, 4.69) is 19.2 Å². The van der Waals surface area contributed by atoms with Gasteiger partial charge in [0.2, 0.25) is 5.91 Å². The molecule has 0 aliphatic carbocycles. The molecule has 2 amide bonds. The van der Waals surface area contributed by atoms with Gasteiger partial charge >= 0.3 is 0 Å². The number of carbonyl (C=O) groups excluding carboxylic acids is 2. The van der Waals surface area contributed by atoms with Crippen LogP contribution in [0.15, 0.2) is 18.2 Å². The Morgan fingerprint density at radius 2 is 2.21 bits per heavy atom. The largest absolute Gasteiger partial charge is 0.339 e. The van der Waals surface area contributed by atoms with Crippen molar-refractivity contribution in [2.24, 2.45) is 0 Å². The first-order valence-electron chi connectivity index (χ1n) is 6.73. The van der Waals surface area contributed by atoms with Crippen LogP contribution in [-0.2, 0) is 11.2 Å². The fourth-order valence-corrected chi connectivity index (χ4v) is 2.36. The van der Waals surface area contributed by atoms with Gasteiger partial charge in [0.15, 0.2) is 0 Å². The lowest BCUT2D eigenvalue weighted by Crippen LogP contribution is -2.34. The SMILES string of the molecule is CCCC(C)N(C)C(=O)c1ccc2c(c1)NC(=O)C2. The Hall–Kier alpha value is -1.84. The minimum Gasteiger partial charge on any atom is -0.339 e. The molecular formula is C15H20N2O2. The Morgan fingerprint density at radius 3 is 2.89 bits per heavy atom. The highest BCUT2D eigenvalue weighted by Gasteiger charge is 2.21. The molecule has 1 unspecified atom stereocenters. The van der Waals surface area contributed by atoms with Gasteiger partial charge in [0.05, 0.1) is 6.42 Å². The molecule has 102 valence electrons. The van der Waals surface area contributed by atoms with Crippen molar-refractivity contribution >= 4 is 17.5 Å². The topological polar surface area (TPSA) is 49.4 Å². The highest BCUT2D eigenvalue weighted by molar-refractivity contribution is 6.02. The molecule has 4 heteroatoms. The minimum atomic E-state index is -0.00713. The Bertz CT molecular complexity index is 511. The number of amides is 2. The molecule has 0 saturated carbocycles. The van der Waals surface area contributed by atoms with E-state index in [9.17, 15) is 9.59 Å². The maximum Gasteiger partial charge on any atom is 0.253 e. The van der Waals surface area contributed by atoms with E-state index in [1.807, 2.05) is 13.1 Å². The number of hydrogen-bond acceptors (Lipinski definition) is 2. The molecule has 1 atom stereocenters. The highest BCUT2D eigenvalue weighted by Crippen LogP contribution is 2.24. The Balaban J connectivity index is 2.16. The van der Waals surface area contributed by atoms with Crippen LogP contribution in [0.2, 0.25) is 0 Å². The van der Waals surface area contributed by atoms with Gasteiger partial charge in [-0.05, 0) is 31.0 Å². The lowest BCUT2D eigenvalue weighted by atomic mass is 10.1. The molecule has 0 saturated heterocycles. The van der Waals surface area contributed by atoms with Crippen LogP contribution in [0.1, 0.15) is 42.6 Å². The van der Waals surface area contributed by atoms with Crippen LogP contribution in [0, 0.1) is 0 Å². The summed E-state index contributed by atoms with van der Waals surface area (Å²) in [6.07, 6.45) is 2.45. The highest BCUT2D eigenvalue weighted by atomic mass is 16.2. The number of fused-ring (bicyclic) bond motifs is 1. The van der Waals surface area contributed by atoms with Crippen molar-refractivity contribution in [3.05, 3.63) is 29.3 Å². The third-order valence-electron chi connectivity index (χ3n) is 3.67. The summed E-state index contributed by atoms with van der Waals surface area (Å²) in [5.41, 5.74) is 2.37. The molecule has 1 aromatic carbocycles. The molecule has 2 rings (SSSR count). The monoisotopic (exact) mass is 260 g/mol. The number of benzene rings is 1. The molecular weight excluding hydrogens is 240 g/mol. The van der Waals surface area contributed by atoms with E-state index in [1.165, 1.54) is 0 Å². The number of hydrogen-bond donors (Lipinski definition) is 1. The Morgan fingerprint density at radius 1 is 1.47 bits per heavy atom. The molecule has 1 aromatic rings. The predicted molar refractivity (Wildman–Crippen MR) is 75.2 cm³/mol. The van der Waals surface area contributed by atoms with Crippen LogP contribution in [0.5, 0.6) is 0 Å². The van der Waals surface area contributed by atoms with E-state index in [4.69, 9.17) is 0 Å². The zero-order valence-corrected chi connectivity index (χ0v) is 11.7. The number of nitrogens with zero attached hydrogens (tertiary/aromatic N) is 1. The van der Waals surface area contributed by atoms with Crippen molar-refractivity contribution in [3.63, 3.8) is 0 Å². The number of anilines is 1. The lowest BCUT2D eigenvalue weighted by Gasteiger charge is -2.24. The number of nitrogens with one attached hydrogen (secondary N) is 1. The zero-order chi connectivity index (χ0) is 14.0. The van der Waals surface area contributed by atoms with Gasteiger partial charge in [-0.2, -0.15) is 0 Å². The second kappa shape index (κ2) is 5.43. The summed E-state index contributed by atoms with van der Waals surface area (Å²) in [5.74, 6) is -0.00259. The van der Waals surface area contributed by atoms with Crippen molar-refractivity contribution in [1.82, 2.24) is 4.90 Å². The van der Waals surface area contributed by atoms with Gasteiger partial charge in [0.25, 0.3) is 5.91 Å². The first-order chi connectivity index (χ1) is 9.02. The fourth-order valence-electron chi connectivity index (χ4n) is 2.36. The molecule has 1 N–H and O–H groups in total. The Kier molecular flexibility index (Phi) is 3.88. The van der Waals surface area contributed by atoms with E-state index >= 15 is 0 Å². The maximum absolute atomic E-state index is 12.4. The van der Waals surface area contributed by atoms with Crippen LogP contribution >= 0.6 is 0 Å². The van der Waals surface area contributed by atoms with Gasteiger partial charge in [-0.25, -0.2) is 0 Å². The van der Waals surface area contributed by atoms with E-state index in [1.54, 1.807) is 17.0 Å². The Labute approximate surface area is 113 Å². The molecule has 1 aliphatic rings. The van der Waals surface area contributed by atoms with Crippen LogP contribution in [0.3, 0.4) is 0 Å². The second-order valence-corrected chi connectivity index (χ2v) is 5.15. The van der Waals surface area contributed by atoms with Gasteiger partial charge in [-0.15, -0.1) is 0 Å². The van der Waals surface area contributed by atoms with E-state index in [-0.39, 0.29) is 17.9 Å². The summed E-state index contributed by atoms with van der Waals surface area (Å²) in [6.45, 7) is 4.16. The van der Waals surface area contributed by atoms with Crippen molar-refractivity contribution < 1.29 is 9.59 Å². The average molecular weight is 260 g/mol. The first kappa shape index (κ1) is 13.6. The normalized spacial score (nSPS) is 14.8. The summed E-state index contributed by atoms with van der Waals surface area (Å²) in [6, 6.07) is 5.66. The lowest BCUT2D eigenvalue weighted by molar-refractivity contribution is -0.115. The summed E-state index contributed by atoms with van der Waals surface area (Å²) in [5, 5.41) is 2.78. The average Bonchev–Trinajstić information content (AvgIpc) is 2.76. The van der Waals surface area contributed by atoms with Gasteiger partial charge in [-0.3, -0.25) is 9.59 Å². The molecule has 1 aliphatic heterocycles. The van der Waals surface area contributed by atoms with Crippen molar-refractivity contribution in [1.29, 1.82) is 0 Å². The van der Waals surface area contributed by atoms with E-state index < -0.39 is 0 Å². The van der Waals surface area contributed by atoms with Gasteiger partial charge in [0, 0.05) is 24.3 Å². The van der Waals surface area contributed by atoms with Gasteiger partial charge in [0.1, 0.15) is 0 Å². The fraction of sp³-hybridized carbons (Fsp3) is 0.467.